The Morgan fingerprint density at radius 1 is 0.846 bits per heavy atom. The summed E-state index contributed by atoms with van der Waals surface area (Å²) >= 11 is 0. The van der Waals surface area contributed by atoms with Crippen molar-refractivity contribution in [3.63, 3.8) is 0 Å². The van der Waals surface area contributed by atoms with E-state index in [0.717, 1.165) is 0 Å². The molecule has 2 N–H and O–H groups in total. The van der Waals surface area contributed by atoms with Crippen LogP contribution in [-0.2, 0) is 0 Å². The number of rotatable bonds is 4. The van der Waals surface area contributed by atoms with E-state index in [2.05, 4.69) is 0 Å². The van der Waals surface area contributed by atoms with Crippen LogP contribution >= 0.6 is 0 Å². The normalized spacial score (nSPS) is 76.2. The smallest absolute Gasteiger partial charge is 0.0462 e. The fourth-order valence-electron chi connectivity index (χ4n) is 2.24. The van der Waals surface area contributed by atoms with Gasteiger partial charge < -0.3 is 10.2 Å². The molecule has 6 atom stereocenters. The van der Waals surface area contributed by atoms with Crippen molar-refractivity contribution in [2.24, 2.45) is 35.5 Å². The first-order chi connectivity index (χ1) is 8.63. The molecule has 3 aliphatic carbocycles. The van der Waals surface area contributed by atoms with E-state index in [1.165, 1.54) is 0 Å². The van der Waals surface area contributed by atoms with Crippen LogP contribution in [0.25, 0.3) is 0 Å². The second kappa shape index (κ2) is 2.71. The van der Waals surface area contributed by atoms with Crippen molar-refractivity contribution in [3.05, 3.63) is 0 Å². The highest BCUT2D eigenvalue weighted by Gasteiger charge is 2.59. The Morgan fingerprint density at radius 3 is 1.62 bits per heavy atom. The molecule has 3 saturated carbocycles. The monoisotopic (exact) mass is 188 g/mol. The second-order valence-corrected chi connectivity index (χ2v) is 4.18. The average molecular weight is 188 g/mol. The summed E-state index contributed by atoms with van der Waals surface area (Å²) in [5.74, 6) is -3.17. The largest absolute Gasteiger partial charge is 0.396 e. The van der Waals surface area contributed by atoms with Gasteiger partial charge >= 0.3 is 0 Å². The summed E-state index contributed by atoms with van der Waals surface area (Å²) in [4.78, 5) is 0. The van der Waals surface area contributed by atoms with E-state index in [1.54, 1.807) is 0 Å². The molecule has 0 amide bonds. The van der Waals surface area contributed by atoms with Gasteiger partial charge in [0.15, 0.2) is 0 Å². The molecule has 0 radical (unpaired) electrons. The van der Waals surface area contributed by atoms with Gasteiger partial charge in [0.05, 0.1) is 0 Å². The fourth-order valence-corrected chi connectivity index (χ4v) is 2.24. The third-order valence-corrected chi connectivity index (χ3v) is 3.29. The van der Waals surface area contributed by atoms with Gasteiger partial charge in [-0.25, -0.2) is 0 Å². The first kappa shape index (κ1) is 4.19. The van der Waals surface area contributed by atoms with Crippen LogP contribution in [0, 0.1) is 35.5 Å². The molecule has 3 aliphatic rings. The minimum absolute atomic E-state index is 0.294. The zero-order valence-electron chi connectivity index (χ0n) is 13.3. The highest BCUT2D eigenvalue weighted by atomic mass is 16.3. The summed E-state index contributed by atoms with van der Waals surface area (Å²) in [6, 6.07) is 0. The Hall–Kier alpha value is -0.0800. The molecule has 6 unspecified atom stereocenters. The van der Waals surface area contributed by atoms with Crippen LogP contribution in [0.15, 0.2) is 0 Å². The van der Waals surface area contributed by atoms with Crippen LogP contribution in [0.1, 0.15) is 27.3 Å². The van der Waals surface area contributed by atoms with Crippen molar-refractivity contribution in [2.75, 3.05) is 13.2 Å². The molecule has 0 aromatic rings. The van der Waals surface area contributed by atoms with Crippen LogP contribution in [0.5, 0.6) is 0 Å². The van der Waals surface area contributed by atoms with Gasteiger partial charge in [0.25, 0.3) is 0 Å². The minimum atomic E-state index is -1.58. The lowest BCUT2D eigenvalue weighted by Crippen LogP contribution is -1.96. The van der Waals surface area contributed by atoms with E-state index in [1.807, 2.05) is 0 Å². The molecule has 3 rings (SSSR count). The van der Waals surface area contributed by atoms with Crippen LogP contribution in [0.4, 0.5) is 0 Å². The van der Waals surface area contributed by atoms with Crippen molar-refractivity contribution >= 4 is 0 Å². The topological polar surface area (TPSA) is 40.5 Å². The van der Waals surface area contributed by atoms with Gasteiger partial charge in [0.1, 0.15) is 0 Å². The molecule has 0 saturated heterocycles. The van der Waals surface area contributed by atoms with Crippen molar-refractivity contribution in [3.8, 4) is 0 Å². The van der Waals surface area contributed by atoms with Gasteiger partial charge in [-0.05, 0) is 54.6 Å². The number of aliphatic hydroxyl groups is 2. The highest BCUT2D eigenvalue weighted by Crippen LogP contribution is 2.65. The molecule has 2 nitrogen and oxygen atoms in total. The lowest BCUT2D eigenvalue weighted by Gasteiger charge is -1.96. The SMILES string of the molecule is [2H]C1([2H])C(CO)C1C1C(C2C(CO)C2([2H])[2H])C1([2H])[2H]. The maximum atomic E-state index is 9.12. The Morgan fingerprint density at radius 2 is 1.31 bits per heavy atom. The Kier molecular flexibility index (Phi) is 0.873. The van der Waals surface area contributed by atoms with Crippen LogP contribution in [-0.4, -0.2) is 23.4 Å². The van der Waals surface area contributed by atoms with E-state index in [9.17, 15) is 0 Å². The van der Waals surface area contributed by atoms with E-state index in [4.69, 9.17) is 18.4 Å². The van der Waals surface area contributed by atoms with Gasteiger partial charge in [-0.15, -0.1) is 0 Å². The molecular formula is C11H18O2. The molecule has 13 heavy (non-hydrogen) atoms. The standard InChI is InChI=1S/C11H18O2/c12-4-6-1-8(6)10-3-11(10)9-2-7(9)5-13/h6-13H,1-5H2/i1D2,2D2,3D2. The molecule has 0 aromatic carbocycles. The Balaban J connectivity index is 1.77. The summed E-state index contributed by atoms with van der Waals surface area (Å²) in [6.45, 7) is -0.587. The minimum Gasteiger partial charge on any atom is -0.396 e. The van der Waals surface area contributed by atoms with Gasteiger partial charge in [0, 0.05) is 21.4 Å². The molecule has 0 bridgehead atoms. The van der Waals surface area contributed by atoms with E-state index < -0.39 is 54.6 Å². The summed E-state index contributed by atoms with van der Waals surface area (Å²) in [5, 5.41) is 18.2. The molecule has 0 aliphatic heterocycles. The van der Waals surface area contributed by atoms with Gasteiger partial charge in [0.2, 0.25) is 0 Å². The maximum Gasteiger partial charge on any atom is 0.0462 e. The molecule has 0 heterocycles. The number of aliphatic hydroxyl groups excluding tert-OH is 2. The Labute approximate surface area is 87.4 Å². The van der Waals surface area contributed by atoms with Crippen molar-refractivity contribution in [2.45, 2.75) is 19.1 Å². The number of hydrogen-bond acceptors (Lipinski definition) is 2. The van der Waals surface area contributed by atoms with Crippen molar-refractivity contribution < 1.29 is 18.4 Å². The first-order valence-corrected chi connectivity index (χ1v) is 4.85. The molecule has 0 spiro atoms. The third kappa shape index (κ3) is 1.31. The third-order valence-electron chi connectivity index (χ3n) is 3.29. The molecule has 74 valence electrons. The zero-order valence-corrected chi connectivity index (χ0v) is 7.27. The van der Waals surface area contributed by atoms with Gasteiger partial charge in [-0.1, -0.05) is 0 Å². The average Bonchev–Trinajstić information content (AvgIpc) is 3.14. The van der Waals surface area contributed by atoms with Gasteiger partial charge in [-0.2, -0.15) is 0 Å². The highest BCUT2D eigenvalue weighted by molar-refractivity contribution is 5.08. The van der Waals surface area contributed by atoms with E-state index in [-0.39, 0.29) is 13.2 Å². The second-order valence-electron chi connectivity index (χ2n) is 4.18. The van der Waals surface area contributed by atoms with Crippen LogP contribution in [0.3, 0.4) is 0 Å². The maximum absolute atomic E-state index is 9.12. The van der Waals surface area contributed by atoms with E-state index >= 15 is 0 Å². The summed E-state index contributed by atoms with van der Waals surface area (Å²) < 4.78 is 46.9. The predicted octanol–water partition coefficient (Wildman–Crippen LogP) is 0.879. The predicted molar refractivity (Wildman–Crippen MR) is 49.0 cm³/mol. The van der Waals surface area contributed by atoms with Crippen LogP contribution < -0.4 is 0 Å². The lowest BCUT2D eigenvalue weighted by atomic mass is 10.1. The summed E-state index contributed by atoms with van der Waals surface area (Å²) in [7, 11) is 0. The van der Waals surface area contributed by atoms with E-state index in [0.29, 0.717) is 0 Å². The first-order valence-electron chi connectivity index (χ1n) is 7.85. The molecule has 2 heteroatoms. The fraction of sp³-hybridized carbons (Fsp3) is 1.00. The molecule has 3 fully saturated rings. The van der Waals surface area contributed by atoms with Crippen LogP contribution in [0.2, 0.25) is 0 Å². The van der Waals surface area contributed by atoms with Crippen molar-refractivity contribution in [1.82, 2.24) is 0 Å². The van der Waals surface area contributed by atoms with Gasteiger partial charge in [-0.3, -0.25) is 0 Å². The summed E-state index contributed by atoms with van der Waals surface area (Å²) in [6.07, 6.45) is -4.67. The molecular weight excluding hydrogens is 164 g/mol. The zero-order chi connectivity index (χ0) is 14.4. The van der Waals surface area contributed by atoms with Crippen molar-refractivity contribution in [1.29, 1.82) is 0 Å². The molecule has 0 aromatic heterocycles. The quantitative estimate of drug-likeness (QED) is 0.687. The summed E-state index contributed by atoms with van der Waals surface area (Å²) in [5.41, 5.74) is 0. The number of hydrogen-bond donors (Lipinski definition) is 2. The lowest BCUT2D eigenvalue weighted by molar-refractivity contribution is 0.259. The Bertz CT molecular complexity index is 376.